The molecule has 1 aliphatic carbocycles. The molecule has 2 unspecified atom stereocenters. The van der Waals surface area contributed by atoms with Crippen LogP contribution in [0.3, 0.4) is 0 Å². The standard InChI is InChI=1S/C11H23NO2/c1-3-11(14,9-5-6-9)7-10(13)8-12-4-2/h9-10,12-14H,3-8H2,1-2H3. The monoisotopic (exact) mass is 201 g/mol. The maximum Gasteiger partial charge on any atom is 0.0698 e. The van der Waals surface area contributed by atoms with Gasteiger partial charge >= 0.3 is 0 Å². The lowest BCUT2D eigenvalue weighted by Gasteiger charge is -2.29. The van der Waals surface area contributed by atoms with Crippen LogP contribution in [-0.4, -0.2) is 35.0 Å². The van der Waals surface area contributed by atoms with E-state index in [0.29, 0.717) is 18.9 Å². The number of rotatable bonds is 7. The van der Waals surface area contributed by atoms with Crippen molar-refractivity contribution in [1.82, 2.24) is 5.32 Å². The predicted molar refractivity (Wildman–Crippen MR) is 57.1 cm³/mol. The van der Waals surface area contributed by atoms with Crippen LogP contribution in [0.5, 0.6) is 0 Å². The fourth-order valence-electron chi connectivity index (χ4n) is 2.01. The molecular weight excluding hydrogens is 178 g/mol. The highest BCUT2D eigenvalue weighted by atomic mass is 16.3. The number of nitrogens with one attached hydrogen (secondary N) is 1. The summed E-state index contributed by atoms with van der Waals surface area (Å²) in [6, 6.07) is 0. The molecule has 0 aromatic heterocycles. The summed E-state index contributed by atoms with van der Waals surface area (Å²) < 4.78 is 0. The molecule has 0 saturated heterocycles. The minimum absolute atomic E-state index is 0.416. The summed E-state index contributed by atoms with van der Waals surface area (Å²) in [7, 11) is 0. The van der Waals surface area contributed by atoms with Crippen molar-refractivity contribution in [2.75, 3.05) is 13.1 Å². The van der Waals surface area contributed by atoms with Gasteiger partial charge in [0.25, 0.3) is 0 Å². The fourth-order valence-corrected chi connectivity index (χ4v) is 2.01. The molecule has 0 spiro atoms. The van der Waals surface area contributed by atoms with Gasteiger partial charge in [-0.25, -0.2) is 0 Å². The Hall–Kier alpha value is -0.120. The Morgan fingerprint density at radius 3 is 2.50 bits per heavy atom. The highest BCUT2D eigenvalue weighted by Gasteiger charge is 2.43. The van der Waals surface area contributed by atoms with E-state index in [2.05, 4.69) is 5.32 Å². The third-order valence-electron chi connectivity index (χ3n) is 3.17. The molecule has 3 nitrogen and oxygen atoms in total. The minimum atomic E-state index is -0.616. The second-order valence-corrected chi connectivity index (χ2v) is 4.40. The number of aliphatic hydroxyl groups is 2. The van der Waals surface area contributed by atoms with Gasteiger partial charge in [-0.3, -0.25) is 0 Å². The second kappa shape index (κ2) is 5.10. The zero-order chi connectivity index (χ0) is 10.6. The van der Waals surface area contributed by atoms with Crippen molar-refractivity contribution in [3.63, 3.8) is 0 Å². The van der Waals surface area contributed by atoms with E-state index in [0.717, 1.165) is 25.8 Å². The predicted octanol–water partition coefficient (Wildman–Crippen LogP) is 0.898. The maximum atomic E-state index is 10.2. The van der Waals surface area contributed by atoms with Crippen molar-refractivity contribution in [3.05, 3.63) is 0 Å². The molecule has 1 aliphatic rings. The smallest absolute Gasteiger partial charge is 0.0698 e. The third-order valence-corrected chi connectivity index (χ3v) is 3.17. The molecule has 0 amide bonds. The average Bonchev–Trinajstić information content (AvgIpc) is 2.97. The Balaban J connectivity index is 2.31. The summed E-state index contributed by atoms with van der Waals surface area (Å²) in [6.45, 7) is 5.47. The van der Waals surface area contributed by atoms with Crippen LogP contribution in [-0.2, 0) is 0 Å². The summed E-state index contributed by atoms with van der Waals surface area (Å²) in [5, 5.41) is 23.0. The molecule has 3 heteroatoms. The average molecular weight is 201 g/mol. The van der Waals surface area contributed by atoms with Gasteiger partial charge in [-0.05, 0) is 31.7 Å². The molecular formula is C11H23NO2. The van der Waals surface area contributed by atoms with Crippen molar-refractivity contribution in [2.24, 2.45) is 5.92 Å². The SMILES string of the molecule is CCNCC(O)CC(O)(CC)C1CC1. The number of likely N-dealkylation sites (N-methyl/N-ethyl adjacent to an activating group) is 1. The molecule has 0 bridgehead atoms. The first-order valence-corrected chi connectivity index (χ1v) is 5.73. The van der Waals surface area contributed by atoms with Crippen LogP contribution in [0.4, 0.5) is 0 Å². The van der Waals surface area contributed by atoms with Crippen LogP contribution in [0, 0.1) is 5.92 Å². The Bertz CT molecular complexity index is 171. The summed E-state index contributed by atoms with van der Waals surface area (Å²) in [4.78, 5) is 0. The molecule has 84 valence electrons. The molecule has 2 atom stereocenters. The largest absolute Gasteiger partial charge is 0.392 e. The molecule has 0 aliphatic heterocycles. The van der Waals surface area contributed by atoms with Gasteiger partial charge in [0, 0.05) is 13.0 Å². The van der Waals surface area contributed by atoms with Crippen LogP contribution in [0.15, 0.2) is 0 Å². The molecule has 0 aromatic carbocycles. The molecule has 1 saturated carbocycles. The van der Waals surface area contributed by atoms with Crippen molar-refractivity contribution in [3.8, 4) is 0 Å². The van der Waals surface area contributed by atoms with Crippen molar-refractivity contribution in [2.45, 2.75) is 51.2 Å². The quantitative estimate of drug-likeness (QED) is 0.573. The first-order chi connectivity index (χ1) is 6.62. The maximum absolute atomic E-state index is 10.2. The van der Waals surface area contributed by atoms with Gasteiger partial charge in [-0.15, -0.1) is 0 Å². The lowest BCUT2D eigenvalue weighted by atomic mass is 9.88. The normalized spacial score (nSPS) is 23.1. The summed E-state index contributed by atoms with van der Waals surface area (Å²) in [5.41, 5.74) is -0.616. The number of aliphatic hydroxyl groups excluding tert-OH is 1. The summed E-state index contributed by atoms with van der Waals surface area (Å²) >= 11 is 0. The van der Waals surface area contributed by atoms with Gasteiger partial charge in [0.1, 0.15) is 0 Å². The molecule has 0 heterocycles. The topological polar surface area (TPSA) is 52.5 Å². The van der Waals surface area contributed by atoms with Gasteiger partial charge in [-0.1, -0.05) is 13.8 Å². The van der Waals surface area contributed by atoms with E-state index in [-0.39, 0.29) is 0 Å². The lowest BCUT2D eigenvalue weighted by molar-refractivity contribution is -0.0308. The van der Waals surface area contributed by atoms with E-state index in [1.807, 2.05) is 13.8 Å². The molecule has 0 aromatic rings. The van der Waals surface area contributed by atoms with Gasteiger partial charge in [-0.2, -0.15) is 0 Å². The molecule has 0 radical (unpaired) electrons. The Kier molecular flexibility index (Phi) is 4.35. The van der Waals surface area contributed by atoms with Crippen molar-refractivity contribution in [1.29, 1.82) is 0 Å². The zero-order valence-electron chi connectivity index (χ0n) is 9.29. The van der Waals surface area contributed by atoms with E-state index in [1.165, 1.54) is 0 Å². The van der Waals surface area contributed by atoms with Crippen LogP contribution in [0.1, 0.15) is 39.5 Å². The van der Waals surface area contributed by atoms with E-state index >= 15 is 0 Å². The van der Waals surface area contributed by atoms with E-state index in [9.17, 15) is 10.2 Å². The highest BCUT2D eigenvalue weighted by Crippen LogP contribution is 2.43. The third kappa shape index (κ3) is 3.23. The summed E-state index contributed by atoms with van der Waals surface area (Å²) in [5.74, 6) is 0.434. The first kappa shape index (κ1) is 12.0. The van der Waals surface area contributed by atoms with Crippen LogP contribution in [0.2, 0.25) is 0 Å². The number of hydrogen-bond donors (Lipinski definition) is 3. The molecule has 1 rings (SSSR count). The van der Waals surface area contributed by atoms with Crippen molar-refractivity contribution >= 4 is 0 Å². The summed E-state index contributed by atoms with van der Waals surface area (Å²) in [6.07, 6.45) is 3.10. The van der Waals surface area contributed by atoms with Gasteiger partial charge in [0.05, 0.1) is 11.7 Å². The Labute approximate surface area is 86.5 Å². The van der Waals surface area contributed by atoms with Gasteiger partial charge < -0.3 is 15.5 Å². The van der Waals surface area contributed by atoms with Gasteiger partial charge in [0.15, 0.2) is 0 Å². The van der Waals surface area contributed by atoms with Gasteiger partial charge in [0.2, 0.25) is 0 Å². The van der Waals surface area contributed by atoms with Crippen LogP contribution >= 0.6 is 0 Å². The minimum Gasteiger partial charge on any atom is -0.392 e. The molecule has 3 N–H and O–H groups in total. The second-order valence-electron chi connectivity index (χ2n) is 4.40. The van der Waals surface area contributed by atoms with Crippen molar-refractivity contribution < 1.29 is 10.2 Å². The fraction of sp³-hybridized carbons (Fsp3) is 1.00. The van der Waals surface area contributed by atoms with Crippen LogP contribution in [0.25, 0.3) is 0 Å². The lowest BCUT2D eigenvalue weighted by Crippen LogP contribution is -2.39. The van der Waals surface area contributed by atoms with Crippen LogP contribution < -0.4 is 5.32 Å². The zero-order valence-corrected chi connectivity index (χ0v) is 9.29. The Morgan fingerprint density at radius 1 is 1.43 bits per heavy atom. The van der Waals surface area contributed by atoms with E-state index in [1.54, 1.807) is 0 Å². The first-order valence-electron chi connectivity index (χ1n) is 5.73. The molecule has 1 fully saturated rings. The highest BCUT2D eigenvalue weighted by molar-refractivity contribution is 4.95. The number of hydrogen-bond acceptors (Lipinski definition) is 3. The van der Waals surface area contributed by atoms with E-state index in [4.69, 9.17) is 0 Å². The van der Waals surface area contributed by atoms with E-state index < -0.39 is 11.7 Å². The Morgan fingerprint density at radius 2 is 2.07 bits per heavy atom. The molecule has 14 heavy (non-hydrogen) atoms.